The zero-order valence-corrected chi connectivity index (χ0v) is 17.8. The van der Waals surface area contributed by atoms with Crippen LogP contribution >= 0.6 is 0 Å². The Labute approximate surface area is 176 Å². The number of amides is 1. The number of phenols is 1. The van der Waals surface area contributed by atoms with Gasteiger partial charge in [0.2, 0.25) is 0 Å². The summed E-state index contributed by atoms with van der Waals surface area (Å²) < 4.78 is 10.4. The second-order valence-electron chi connectivity index (χ2n) is 7.08. The molecule has 6 heteroatoms. The molecule has 0 saturated heterocycles. The molecule has 1 N–H and O–H groups in total. The Balaban J connectivity index is 2.15. The summed E-state index contributed by atoms with van der Waals surface area (Å²) in [5.74, 6) is -0.594. The van der Waals surface area contributed by atoms with Crippen LogP contribution in [0.1, 0.15) is 30.5 Å². The quantitative estimate of drug-likeness (QED) is 0.591. The molecular weight excluding hydrogens is 382 g/mol. The number of rotatable bonds is 5. The van der Waals surface area contributed by atoms with Crippen LogP contribution in [0.4, 0.5) is 5.69 Å². The predicted molar refractivity (Wildman–Crippen MR) is 115 cm³/mol. The minimum Gasteiger partial charge on any atom is -0.504 e. The molecular formula is C24H25NO5. The highest BCUT2D eigenvalue weighted by atomic mass is 16.5. The van der Waals surface area contributed by atoms with Crippen molar-refractivity contribution in [2.24, 2.45) is 0 Å². The number of aryl methyl sites for hydroxylation is 2. The number of aromatic hydroxyl groups is 1. The molecule has 0 aromatic heterocycles. The molecule has 2 aromatic rings. The first-order valence-electron chi connectivity index (χ1n) is 9.67. The van der Waals surface area contributed by atoms with Gasteiger partial charge in [0, 0.05) is 11.4 Å². The normalized spacial score (nSPS) is 15.2. The molecule has 0 radical (unpaired) electrons. The number of esters is 1. The van der Waals surface area contributed by atoms with Crippen LogP contribution in [-0.2, 0) is 14.3 Å². The number of phenolic OH excluding ortho intramolecular Hbond substituents is 1. The summed E-state index contributed by atoms with van der Waals surface area (Å²) in [4.78, 5) is 27.6. The maximum Gasteiger partial charge on any atom is 0.340 e. The number of allylic oxidation sites excluding steroid dienone is 1. The molecule has 0 aliphatic carbocycles. The molecule has 3 rings (SSSR count). The summed E-state index contributed by atoms with van der Waals surface area (Å²) in [5, 5.41) is 9.83. The zero-order chi connectivity index (χ0) is 22.0. The van der Waals surface area contributed by atoms with E-state index < -0.39 is 5.97 Å². The van der Waals surface area contributed by atoms with Crippen LogP contribution in [0.3, 0.4) is 0 Å². The smallest absolute Gasteiger partial charge is 0.340 e. The van der Waals surface area contributed by atoms with Crippen molar-refractivity contribution >= 4 is 23.6 Å². The summed E-state index contributed by atoms with van der Waals surface area (Å²) in [6.07, 6.45) is 1.61. The summed E-state index contributed by atoms with van der Waals surface area (Å²) in [6, 6.07) is 10.5. The Bertz CT molecular complexity index is 1080. The molecule has 1 aliphatic rings. The lowest BCUT2D eigenvalue weighted by Crippen LogP contribution is -2.24. The lowest BCUT2D eigenvalue weighted by Gasteiger charge is -2.19. The van der Waals surface area contributed by atoms with Crippen molar-refractivity contribution in [1.29, 1.82) is 0 Å². The van der Waals surface area contributed by atoms with Crippen molar-refractivity contribution < 1.29 is 24.2 Å². The largest absolute Gasteiger partial charge is 0.504 e. The second kappa shape index (κ2) is 8.45. The van der Waals surface area contributed by atoms with Gasteiger partial charge in [-0.25, -0.2) is 4.79 Å². The lowest BCUT2D eigenvalue weighted by molar-refractivity contribution is -0.138. The Morgan fingerprint density at radius 2 is 1.83 bits per heavy atom. The van der Waals surface area contributed by atoms with Crippen molar-refractivity contribution in [3.05, 3.63) is 69.9 Å². The highest BCUT2D eigenvalue weighted by molar-refractivity contribution is 6.23. The molecule has 0 bridgehead atoms. The Hall–Kier alpha value is -3.54. The Morgan fingerprint density at radius 3 is 2.47 bits per heavy atom. The molecule has 156 valence electrons. The van der Waals surface area contributed by atoms with E-state index in [-0.39, 0.29) is 35.2 Å². The number of benzene rings is 2. The van der Waals surface area contributed by atoms with Crippen LogP contribution in [0.25, 0.3) is 6.08 Å². The average Bonchev–Trinajstić information content (AvgIpc) is 2.95. The third kappa shape index (κ3) is 3.81. The van der Waals surface area contributed by atoms with E-state index in [2.05, 4.69) is 0 Å². The topological polar surface area (TPSA) is 76.1 Å². The number of nitrogens with zero attached hydrogens (tertiary/aromatic N) is 1. The lowest BCUT2D eigenvalue weighted by atomic mass is 10.0. The van der Waals surface area contributed by atoms with Gasteiger partial charge >= 0.3 is 5.97 Å². The number of carbonyl (C=O) groups is 2. The van der Waals surface area contributed by atoms with Crippen LogP contribution in [0.2, 0.25) is 0 Å². The van der Waals surface area contributed by atoms with Crippen molar-refractivity contribution in [2.75, 3.05) is 18.6 Å². The molecule has 2 aromatic carbocycles. The summed E-state index contributed by atoms with van der Waals surface area (Å²) >= 11 is 0. The Morgan fingerprint density at radius 1 is 1.10 bits per heavy atom. The third-order valence-corrected chi connectivity index (χ3v) is 5.14. The fourth-order valence-electron chi connectivity index (χ4n) is 3.41. The van der Waals surface area contributed by atoms with Gasteiger partial charge in [-0.2, -0.15) is 0 Å². The van der Waals surface area contributed by atoms with E-state index in [0.717, 1.165) is 11.1 Å². The standard InChI is InChI=1S/C24H25NO5/c1-6-30-24(28)22-16(4)25(18-9-7-14(2)15(3)11-18)23(27)19(22)12-17-8-10-20(26)21(13-17)29-5/h7-13,26H,6H2,1-5H3/b19-12-. The van der Waals surface area contributed by atoms with E-state index >= 15 is 0 Å². The van der Waals surface area contributed by atoms with Gasteiger partial charge in [0.25, 0.3) is 5.91 Å². The number of hydrogen-bond acceptors (Lipinski definition) is 5. The van der Waals surface area contributed by atoms with E-state index in [1.165, 1.54) is 18.1 Å². The van der Waals surface area contributed by atoms with E-state index in [9.17, 15) is 14.7 Å². The summed E-state index contributed by atoms with van der Waals surface area (Å²) in [6.45, 7) is 7.64. The molecule has 0 saturated carbocycles. The molecule has 1 amide bonds. The molecule has 6 nitrogen and oxygen atoms in total. The molecule has 0 spiro atoms. The van der Waals surface area contributed by atoms with E-state index in [1.807, 2.05) is 32.0 Å². The highest BCUT2D eigenvalue weighted by Gasteiger charge is 2.38. The Kier molecular flexibility index (Phi) is 5.96. The van der Waals surface area contributed by atoms with Crippen LogP contribution in [-0.4, -0.2) is 30.7 Å². The first-order valence-corrected chi connectivity index (χ1v) is 9.67. The fourth-order valence-corrected chi connectivity index (χ4v) is 3.41. The third-order valence-electron chi connectivity index (χ3n) is 5.14. The average molecular weight is 407 g/mol. The van der Waals surface area contributed by atoms with E-state index in [1.54, 1.807) is 32.1 Å². The van der Waals surface area contributed by atoms with Crippen LogP contribution < -0.4 is 9.64 Å². The van der Waals surface area contributed by atoms with Gasteiger partial charge in [0.15, 0.2) is 11.5 Å². The van der Waals surface area contributed by atoms with Gasteiger partial charge in [-0.1, -0.05) is 12.1 Å². The second-order valence-corrected chi connectivity index (χ2v) is 7.08. The minimum atomic E-state index is -0.549. The zero-order valence-electron chi connectivity index (χ0n) is 17.8. The van der Waals surface area contributed by atoms with Gasteiger partial charge in [-0.05, 0) is 74.7 Å². The molecule has 0 unspecified atom stereocenters. The summed E-state index contributed by atoms with van der Waals surface area (Å²) in [7, 11) is 1.45. The molecule has 1 aliphatic heterocycles. The molecule has 1 heterocycles. The van der Waals surface area contributed by atoms with Crippen molar-refractivity contribution in [3.8, 4) is 11.5 Å². The number of hydrogen-bond donors (Lipinski definition) is 1. The SMILES string of the molecule is CCOC(=O)C1=C(C)N(c2ccc(C)c(C)c2)C(=O)/C1=C\c1ccc(O)c(OC)c1. The minimum absolute atomic E-state index is 0.00788. The number of ether oxygens (including phenoxy) is 2. The summed E-state index contributed by atoms with van der Waals surface area (Å²) in [5.41, 5.74) is 4.44. The van der Waals surface area contributed by atoms with Gasteiger partial charge < -0.3 is 14.6 Å². The molecule has 0 atom stereocenters. The first kappa shape index (κ1) is 21.2. The predicted octanol–water partition coefficient (Wildman–Crippen LogP) is 4.28. The van der Waals surface area contributed by atoms with Gasteiger partial charge in [-0.3, -0.25) is 9.69 Å². The van der Waals surface area contributed by atoms with Gasteiger partial charge in [0.05, 0.1) is 24.9 Å². The van der Waals surface area contributed by atoms with Crippen LogP contribution in [0.15, 0.2) is 53.2 Å². The van der Waals surface area contributed by atoms with Crippen LogP contribution in [0.5, 0.6) is 11.5 Å². The van der Waals surface area contributed by atoms with Gasteiger partial charge in [0.1, 0.15) is 0 Å². The monoisotopic (exact) mass is 407 g/mol. The number of methoxy groups -OCH3 is 1. The molecule has 30 heavy (non-hydrogen) atoms. The van der Waals surface area contributed by atoms with Gasteiger partial charge in [-0.15, -0.1) is 0 Å². The van der Waals surface area contributed by atoms with E-state index in [4.69, 9.17) is 9.47 Å². The number of anilines is 1. The highest BCUT2D eigenvalue weighted by Crippen LogP contribution is 2.37. The van der Waals surface area contributed by atoms with Crippen LogP contribution in [0, 0.1) is 13.8 Å². The van der Waals surface area contributed by atoms with Crippen molar-refractivity contribution in [2.45, 2.75) is 27.7 Å². The van der Waals surface area contributed by atoms with Crippen molar-refractivity contribution in [1.82, 2.24) is 0 Å². The van der Waals surface area contributed by atoms with E-state index in [0.29, 0.717) is 16.9 Å². The molecule has 0 fully saturated rings. The maximum atomic E-state index is 13.4. The first-order chi connectivity index (χ1) is 14.3. The number of carbonyl (C=O) groups excluding carboxylic acids is 2. The van der Waals surface area contributed by atoms with Crippen molar-refractivity contribution in [3.63, 3.8) is 0 Å². The fraction of sp³-hybridized carbons (Fsp3) is 0.250. The maximum absolute atomic E-state index is 13.4.